The van der Waals surface area contributed by atoms with Crippen LogP contribution in [0.25, 0.3) is 0 Å². The first-order chi connectivity index (χ1) is 12.0. The van der Waals surface area contributed by atoms with Crippen molar-refractivity contribution in [3.63, 3.8) is 0 Å². The summed E-state index contributed by atoms with van der Waals surface area (Å²) in [6.45, 7) is 3.03. The van der Waals surface area contributed by atoms with Crippen LogP contribution in [-0.4, -0.2) is 47.5 Å². The van der Waals surface area contributed by atoms with Gasteiger partial charge in [-0.25, -0.2) is 4.39 Å². The molecular weight excluding hydrogens is 341 g/mol. The SMILES string of the molecule is CC1NCCCC1NC(=O)C1CSC(Cc2ccccc2F)C(=O)N1. The molecule has 0 spiro atoms. The summed E-state index contributed by atoms with van der Waals surface area (Å²) in [6.07, 6.45) is 2.32. The van der Waals surface area contributed by atoms with Gasteiger partial charge in [0, 0.05) is 17.8 Å². The molecule has 0 saturated carbocycles. The molecule has 7 heteroatoms. The maximum absolute atomic E-state index is 13.8. The number of hydrogen-bond acceptors (Lipinski definition) is 4. The molecule has 2 fully saturated rings. The van der Waals surface area contributed by atoms with Gasteiger partial charge < -0.3 is 16.0 Å². The summed E-state index contributed by atoms with van der Waals surface area (Å²) in [6, 6.07) is 6.30. The highest BCUT2D eigenvalue weighted by atomic mass is 32.2. The average Bonchev–Trinajstić information content (AvgIpc) is 2.60. The Hall–Kier alpha value is -1.60. The van der Waals surface area contributed by atoms with E-state index in [1.807, 2.05) is 0 Å². The molecule has 0 radical (unpaired) electrons. The largest absolute Gasteiger partial charge is 0.350 e. The van der Waals surface area contributed by atoms with Gasteiger partial charge in [0.15, 0.2) is 0 Å². The molecule has 2 amide bonds. The molecule has 0 aliphatic carbocycles. The van der Waals surface area contributed by atoms with Crippen LogP contribution in [0, 0.1) is 5.82 Å². The van der Waals surface area contributed by atoms with Crippen LogP contribution in [0.1, 0.15) is 25.3 Å². The summed E-state index contributed by atoms with van der Waals surface area (Å²) in [5, 5.41) is 8.82. The molecule has 0 bridgehead atoms. The van der Waals surface area contributed by atoms with Gasteiger partial charge >= 0.3 is 0 Å². The van der Waals surface area contributed by atoms with E-state index in [2.05, 4.69) is 22.9 Å². The number of carbonyl (C=O) groups excluding carboxylic acids is 2. The van der Waals surface area contributed by atoms with Crippen molar-refractivity contribution in [3.05, 3.63) is 35.6 Å². The van der Waals surface area contributed by atoms with Crippen molar-refractivity contribution in [2.45, 2.75) is 49.6 Å². The fraction of sp³-hybridized carbons (Fsp3) is 0.556. The molecule has 1 aromatic carbocycles. The minimum Gasteiger partial charge on any atom is -0.350 e. The van der Waals surface area contributed by atoms with Crippen LogP contribution < -0.4 is 16.0 Å². The second-order valence-corrected chi connectivity index (χ2v) is 7.91. The summed E-state index contributed by atoms with van der Waals surface area (Å²) >= 11 is 1.42. The molecule has 0 aromatic heterocycles. The number of carbonyl (C=O) groups is 2. The first kappa shape index (κ1) is 18.2. The first-order valence-corrected chi connectivity index (χ1v) is 9.78. The maximum Gasteiger partial charge on any atom is 0.243 e. The monoisotopic (exact) mass is 365 g/mol. The van der Waals surface area contributed by atoms with E-state index in [1.54, 1.807) is 18.2 Å². The van der Waals surface area contributed by atoms with Crippen LogP contribution in [0.2, 0.25) is 0 Å². The lowest BCUT2D eigenvalue weighted by molar-refractivity contribution is -0.129. The van der Waals surface area contributed by atoms with Crippen molar-refractivity contribution in [1.29, 1.82) is 0 Å². The number of piperidine rings is 1. The molecule has 3 N–H and O–H groups in total. The highest BCUT2D eigenvalue weighted by Crippen LogP contribution is 2.23. The van der Waals surface area contributed by atoms with Gasteiger partial charge in [0.05, 0.1) is 5.25 Å². The Bertz CT molecular complexity index is 643. The van der Waals surface area contributed by atoms with Gasteiger partial charge in [-0.1, -0.05) is 18.2 Å². The molecule has 1 aromatic rings. The number of rotatable bonds is 4. The number of hydrogen-bond donors (Lipinski definition) is 3. The van der Waals surface area contributed by atoms with Crippen molar-refractivity contribution in [3.8, 4) is 0 Å². The zero-order chi connectivity index (χ0) is 17.8. The summed E-state index contributed by atoms with van der Waals surface area (Å²) in [5.41, 5.74) is 0.528. The molecule has 4 atom stereocenters. The predicted molar refractivity (Wildman–Crippen MR) is 96.9 cm³/mol. The zero-order valence-corrected chi connectivity index (χ0v) is 15.1. The van der Waals surface area contributed by atoms with Crippen LogP contribution in [0.15, 0.2) is 24.3 Å². The third-order valence-electron chi connectivity index (χ3n) is 4.84. The number of nitrogens with one attached hydrogen (secondary N) is 3. The highest BCUT2D eigenvalue weighted by Gasteiger charge is 2.34. The average molecular weight is 365 g/mol. The summed E-state index contributed by atoms with van der Waals surface area (Å²) in [5.74, 6) is -0.125. The lowest BCUT2D eigenvalue weighted by Crippen LogP contribution is -2.59. The molecule has 136 valence electrons. The molecule has 2 aliphatic rings. The molecule has 2 aliphatic heterocycles. The first-order valence-electron chi connectivity index (χ1n) is 8.73. The minimum absolute atomic E-state index is 0.0966. The minimum atomic E-state index is -0.525. The van der Waals surface area contributed by atoms with Crippen LogP contribution in [-0.2, 0) is 16.0 Å². The van der Waals surface area contributed by atoms with Crippen molar-refractivity contribution in [1.82, 2.24) is 16.0 Å². The predicted octanol–water partition coefficient (Wildman–Crippen LogP) is 1.23. The third kappa shape index (κ3) is 4.52. The van der Waals surface area contributed by atoms with Gasteiger partial charge in [-0.2, -0.15) is 0 Å². The Kier molecular flexibility index (Phi) is 5.96. The number of halogens is 1. The van der Waals surface area contributed by atoms with Gasteiger partial charge in [-0.15, -0.1) is 11.8 Å². The molecule has 2 heterocycles. The second-order valence-electron chi connectivity index (χ2n) is 6.68. The van der Waals surface area contributed by atoms with Gasteiger partial charge in [-0.05, 0) is 44.4 Å². The molecule has 5 nitrogen and oxygen atoms in total. The second kappa shape index (κ2) is 8.19. The van der Waals surface area contributed by atoms with Crippen molar-refractivity contribution < 1.29 is 14.0 Å². The topological polar surface area (TPSA) is 70.2 Å². The fourth-order valence-corrected chi connectivity index (χ4v) is 4.45. The summed E-state index contributed by atoms with van der Waals surface area (Å²) < 4.78 is 13.8. The molecule has 4 unspecified atom stereocenters. The Labute approximate surface area is 151 Å². The molecule has 2 saturated heterocycles. The Morgan fingerprint density at radius 2 is 2.20 bits per heavy atom. The molecule has 3 rings (SSSR count). The molecular formula is C18H24FN3O2S. The lowest BCUT2D eigenvalue weighted by atomic mass is 9.99. The smallest absolute Gasteiger partial charge is 0.243 e. The standard InChI is InChI=1S/C18H24FN3O2S/c1-11-14(7-4-8-20-11)21-17(23)15-10-25-16(18(24)22-15)9-12-5-2-3-6-13(12)19/h2-3,5-6,11,14-16,20H,4,7-10H2,1H3,(H,21,23)(H,22,24). The van der Waals surface area contributed by atoms with E-state index in [4.69, 9.17) is 0 Å². The van der Waals surface area contributed by atoms with E-state index in [9.17, 15) is 14.0 Å². The van der Waals surface area contributed by atoms with E-state index >= 15 is 0 Å². The number of benzene rings is 1. The van der Waals surface area contributed by atoms with E-state index in [0.717, 1.165) is 19.4 Å². The van der Waals surface area contributed by atoms with Gasteiger partial charge in [0.1, 0.15) is 11.9 Å². The molecule has 25 heavy (non-hydrogen) atoms. The Morgan fingerprint density at radius 1 is 1.40 bits per heavy atom. The van der Waals surface area contributed by atoms with Crippen molar-refractivity contribution in [2.75, 3.05) is 12.3 Å². The quantitative estimate of drug-likeness (QED) is 0.751. The Morgan fingerprint density at radius 3 is 2.92 bits per heavy atom. The van der Waals surface area contributed by atoms with Gasteiger partial charge in [-0.3, -0.25) is 9.59 Å². The Balaban J connectivity index is 1.53. The van der Waals surface area contributed by atoms with E-state index in [0.29, 0.717) is 17.7 Å². The van der Waals surface area contributed by atoms with Crippen LogP contribution in [0.3, 0.4) is 0 Å². The third-order valence-corrected chi connectivity index (χ3v) is 6.15. The van der Waals surface area contributed by atoms with Gasteiger partial charge in [0.25, 0.3) is 0 Å². The van der Waals surface area contributed by atoms with Crippen LogP contribution in [0.4, 0.5) is 4.39 Å². The van der Waals surface area contributed by atoms with Crippen LogP contribution >= 0.6 is 11.8 Å². The van der Waals surface area contributed by atoms with Gasteiger partial charge in [0.2, 0.25) is 11.8 Å². The van der Waals surface area contributed by atoms with Crippen molar-refractivity contribution >= 4 is 23.6 Å². The summed E-state index contributed by atoms with van der Waals surface area (Å²) in [7, 11) is 0. The summed E-state index contributed by atoms with van der Waals surface area (Å²) in [4.78, 5) is 24.8. The normalized spacial score (nSPS) is 29.8. The zero-order valence-electron chi connectivity index (χ0n) is 14.3. The number of thioether (sulfide) groups is 1. The lowest BCUT2D eigenvalue weighted by Gasteiger charge is -2.33. The van der Waals surface area contributed by atoms with Crippen LogP contribution in [0.5, 0.6) is 0 Å². The van der Waals surface area contributed by atoms with E-state index in [1.165, 1.54) is 17.8 Å². The van der Waals surface area contributed by atoms with Crippen molar-refractivity contribution in [2.24, 2.45) is 0 Å². The van der Waals surface area contributed by atoms with E-state index in [-0.39, 0.29) is 35.0 Å². The fourth-order valence-electron chi connectivity index (χ4n) is 3.28. The maximum atomic E-state index is 13.8. The highest BCUT2D eigenvalue weighted by molar-refractivity contribution is 8.00. The van der Waals surface area contributed by atoms with E-state index < -0.39 is 6.04 Å². The number of amides is 2.